The van der Waals surface area contributed by atoms with Crippen LogP contribution in [0.15, 0.2) is 24.3 Å². The molecule has 10 heteroatoms. The number of carbonyl (C=O) groups excluding carboxylic acids is 2. The lowest BCUT2D eigenvalue weighted by atomic mass is 10.0. The van der Waals surface area contributed by atoms with Crippen LogP contribution in [0.5, 0.6) is 0 Å². The first-order chi connectivity index (χ1) is 35.4. The fraction of sp³-hybridized carbons (Fsp3) is 0.905. The highest BCUT2D eigenvalue weighted by atomic mass is 31.2. The number of rotatable bonds is 58. The van der Waals surface area contributed by atoms with Crippen LogP contribution in [-0.4, -0.2) is 69.4 Å². The van der Waals surface area contributed by atoms with Crippen LogP contribution in [0.25, 0.3) is 0 Å². The maximum absolute atomic E-state index is 13.5. The fourth-order valence-corrected chi connectivity index (χ4v) is 10.2. The average Bonchev–Trinajstić information content (AvgIpc) is 3.35. The summed E-state index contributed by atoms with van der Waals surface area (Å²) in [6.07, 6.45) is 62.8. The molecular weight excluding hydrogens is 928 g/mol. The normalized spacial score (nSPS) is 13.8. The van der Waals surface area contributed by atoms with Gasteiger partial charge in [0.15, 0.2) is 0 Å². The maximum atomic E-state index is 13.5. The van der Waals surface area contributed by atoms with Crippen molar-refractivity contribution in [1.82, 2.24) is 5.32 Å². The number of unbranched alkanes of at least 4 members (excludes halogenated alkanes) is 40. The summed E-state index contributed by atoms with van der Waals surface area (Å²) in [6.45, 7) is 6.87. The molecule has 0 aliphatic heterocycles. The zero-order valence-electron chi connectivity index (χ0n) is 49.4. The van der Waals surface area contributed by atoms with E-state index < -0.39 is 20.0 Å². The molecule has 3 atom stereocenters. The van der Waals surface area contributed by atoms with Crippen LogP contribution in [0.2, 0.25) is 0 Å². The minimum absolute atomic E-state index is 0.0196. The van der Waals surface area contributed by atoms with E-state index in [1.165, 1.54) is 212 Å². The van der Waals surface area contributed by atoms with Gasteiger partial charge in [-0.1, -0.05) is 270 Å². The summed E-state index contributed by atoms with van der Waals surface area (Å²) in [5.74, 6) is -0.529. The molecule has 0 aromatic carbocycles. The van der Waals surface area contributed by atoms with Crippen molar-refractivity contribution in [2.45, 2.75) is 328 Å². The molecule has 0 rings (SSSR count). The topological polar surface area (TPSA) is 114 Å². The van der Waals surface area contributed by atoms with Crippen molar-refractivity contribution in [2.24, 2.45) is 0 Å². The molecule has 9 nitrogen and oxygen atoms in total. The number of phosphoric acid groups is 1. The van der Waals surface area contributed by atoms with Crippen molar-refractivity contribution in [3.8, 4) is 0 Å². The highest BCUT2D eigenvalue weighted by Crippen LogP contribution is 2.38. The number of amides is 1. The molecule has 0 saturated carbocycles. The van der Waals surface area contributed by atoms with Crippen LogP contribution in [0, 0.1) is 0 Å². The zero-order valence-corrected chi connectivity index (χ0v) is 50.3. The number of esters is 1. The molecule has 0 aromatic rings. The first kappa shape index (κ1) is 71.5. The summed E-state index contributed by atoms with van der Waals surface area (Å²) < 4.78 is 30.3. The highest BCUT2D eigenvalue weighted by Gasteiger charge is 2.27. The number of quaternary nitrogens is 1. The van der Waals surface area contributed by atoms with Crippen LogP contribution < -0.4 is 10.2 Å². The van der Waals surface area contributed by atoms with Gasteiger partial charge in [0.25, 0.3) is 7.82 Å². The van der Waals surface area contributed by atoms with E-state index in [4.69, 9.17) is 13.8 Å². The molecule has 0 fully saturated rings. The molecule has 1 amide bonds. The second-order valence-electron chi connectivity index (χ2n) is 22.9. The Labute approximate surface area is 454 Å². The van der Waals surface area contributed by atoms with E-state index in [1.54, 1.807) is 0 Å². The van der Waals surface area contributed by atoms with Crippen LogP contribution in [0.1, 0.15) is 316 Å². The van der Waals surface area contributed by atoms with Crippen LogP contribution in [0.3, 0.4) is 0 Å². The van der Waals surface area contributed by atoms with E-state index >= 15 is 0 Å². The van der Waals surface area contributed by atoms with Crippen LogP contribution >= 0.6 is 7.82 Å². The van der Waals surface area contributed by atoms with E-state index in [1.807, 2.05) is 33.3 Å². The summed E-state index contributed by atoms with van der Waals surface area (Å²) in [5.41, 5.74) is 0. The quantitative estimate of drug-likeness (QED) is 0.0212. The van der Waals surface area contributed by atoms with Gasteiger partial charge in [-0.15, -0.1) is 0 Å². The van der Waals surface area contributed by atoms with Gasteiger partial charge in [0.05, 0.1) is 33.8 Å². The first-order valence-corrected chi connectivity index (χ1v) is 33.1. The van der Waals surface area contributed by atoms with Gasteiger partial charge in [-0.25, -0.2) is 0 Å². The van der Waals surface area contributed by atoms with Gasteiger partial charge in [-0.3, -0.25) is 14.2 Å². The molecule has 0 heterocycles. The molecule has 0 radical (unpaired) electrons. The van der Waals surface area contributed by atoms with Gasteiger partial charge in [0.1, 0.15) is 19.3 Å². The Hall–Kier alpha value is -1.51. The van der Waals surface area contributed by atoms with Gasteiger partial charge in [0.2, 0.25) is 5.91 Å². The Kier molecular flexibility index (Phi) is 52.8. The number of allylic oxidation sites excluding steroid dienone is 3. The Morgan fingerprint density at radius 3 is 1.18 bits per heavy atom. The van der Waals surface area contributed by atoms with Crippen molar-refractivity contribution in [1.29, 1.82) is 0 Å². The molecule has 0 bridgehead atoms. The maximum Gasteiger partial charge on any atom is 0.306 e. The lowest BCUT2D eigenvalue weighted by Crippen LogP contribution is -2.47. The second kappa shape index (κ2) is 53.9. The summed E-state index contributed by atoms with van der Waals surface area (Å²) in [7, 11) is 1.20. The number of nitrogens with zero attached hydrogens (tertiary/aromatic N) is 1. The Bertz CT molecular complexity index is 1300. The highest BCUT2D eigenvalue weighted by molar-refractivity contribution is 7.45. The molecular formula is C63H123N2O7P. The Balaban J connectivity index is 5.23. The van der Waals surface area contributed by atoms with Crippen LogP contribution in [0.4, 0.5) is 0 Å². The van der Waals surface area contributed by atoms with Gasteiger partial charge < -0.3 is 28.5 Å². The summed E-state index contributed by atoms with van der Waals surface area (Å²) in [6, 6.07) is -0.884. The number of carbonyl (C=O) groups is 2. The first-order valence-electron chi connectivity index (χ1n) is 31.6. The number of ether oxygens (including phenoxy) is 1. The van der Waals surface area contributed by atoms with Gasteiger partial charge in [0, 0.05) is 12.8 Å². The molecule has 0 aliphatic carbocycles. The number of hydrogen-bond acceptors (Lipinski definition) is 7. The third-order valence-electron chi connectivity index (χ3n) is 14.4. The van der Waals surface area contributed by atoms with Crippen molar-refractivity contribution in [3.63, 3.8) is 0 Å². The van der Waals surface area contributed by atoms with Gasteiger partial charge in [-0.2, -0.15) is 0 Å². The second-order valence-corrected chi connectivity index (χ2v) is 24.3. The minimum Gasteiger partial charge on any atom is -0.756 e. The molecule has 0 aromatic heterocycles. The predicted molar refractivity (Wildman–Crippen MR) is 312 cm³/mol. The van der Waals surface area contributed by atoms with Gasteiger partial charge >= 0.3 is 5.97 Å². The van der Waals surface area contributed by atoms with E-state index in [2.05, 4.69) is 38.2 Å². The smallest absolute Gasteiger partial charge is 0.306 e. The Morgan fingerprint density at radius 2 is 0.795 bits per heavy atom. The van der Waals surface area contributed by atoms with E-state index in [-0.39, 0.29) is 31.5 Å². The lowest BCUT2D eigenvalue weighted by molar-refractivity contribution is -0.870. The van der Waals surface area contributed by atoms with Crippen molar-refractivity contribution in [2.75, 3.05) is 40.9 Å². The summed E-state index contributed by atoms with van der Waals surface area (Å²) >= 11 is 0. The van der Waals surface area contributed by atoms with Crippen molar-refractivity contribution >= 4 is 19.7 Å². The lowest BCUT2D eigenvalue weighted by Gasteiger charge is -2.30. The van der Waals surface area contributed by atoms with E-state index in [0.717, 1.165) is 70.6 Å². The predicted octanol–water partition coefficient (Wildman–Crippen LogP) is 18.7. The van der Waals surface area contributed by atoms with Crippen LogP contribution in [-0.2, 0) is 27.9 Å². The number of hydrogen-bond donors (Lipinski definition) is 1. The average molecular weight is 1050 g/mol. The molecule has 0 saturated heterocycles. The third kappa shape index (κ3) is 55.1. The summed E-state index contributed by atoms with van der Waals surface area (Å²) in [5, 5.41) is 3.03. The zero-order chi connectivity index (χ0) is 53.6. The third-order valence-corrected chi connectivity index (χ3v) is 15.3. The molecule has 3 unspecified atom stereocenters. The summed E-state index contributed by atoms with van der Waals surface area (Å²) in [4.78, 5) is 40.0. The number of nitrogens with one attached hydrogen (secondary N) is 1. The SMILES string of the molecule is CCCCCC/C=C\CCCCCCCCCC(=O)NC(COP(=O)([O-])OCC[N+](C)(C)C)C(/C=C/CCCCCCCCCCCCC)OC(=O)CCCCCCCCCCCCCCCCCCCCC. The largest absolute Gasteiger partial charge is 0.756 e. The Morgan fingerprint density at radius 1 is 0.466 bits per heavy atom. The van der Waals surface area contributed by atoms with Crippen molar-refractivity contribution in [3.05, 3.63) is 24.3 Å². The van der Waals surface area contributed by atoms with E-state index in [9.17, 15) is 19.0 Å². The molecule has 0 aliphatic rings. The van der Waals surface area contributed by atoms with E-state index in [0.29, 0.717) is 17.4 Å². The fourth-order valence-electron chi connectivity index (χ4n) is 9.46. The van der Waals surface area contributed by atoms with Crippen molar-refractivity contribution < 1.29 is 37.3 Å². The minimum atomic E-state index is -4.69. The standard InChI is InChI=1S/C63H123N2O7P/c1-7-10-13-16-19-22-25-28-30-31-32-33-35-38-41-44-47-50-53-56-63(67)72-61(54-51-48-45-42-39-36-27-24-21-18-15-12-9-3)60(59-71-73(68,69)70-58-57-65(4,5)6)64-62(66)55-52-49-46-43-40-37-34-29-26-23-20-17-14-11-8-2/h23,26,51,54,60-61H,7-22,24-25,27-50,52-53,55-59H2,1-6H3,(H-,64,66,68,69)/b26-23-,54-51+. The monoisotopic (exact) mass is 1050 g/mol. The number of phosphoric ester groups is 1. The molecule has 73 heavy (non-hydrogen) atoms. The molecule has 0 spiro atoms. The van der Waals surface area contributed by atoms with Gasteiger partial charge in [-0.05, 0) is 57.4 Å². The molecule has 432 valence electrons. The number of likely N-dealkylation sites (N-methyl/N-ethyl adjacent to an activating group) is 1. The molecule has 1 N–H and O–H groups in total.